The van der Waals surface area contributed by atoms with Crippen molar-refractivity contribution in [3.63, 3.8) is 0 Å². The van der Waals surface area contributed by atoms with Crippen LogP contribution in [0.2, 0.25) is 10.0 Å². The summed E-state index contributed by atoms with van der Waals surface area (Å²) < 4.78 is 37.8. The van der Waals surface area contributed by atoms with Crippen LogP contribution in [-0.4, -0.2) is 4.98 Å². The molecule has 1 heterocycles. The van der Waals surface area contributed by atoms with Crippen molar-refractivity contribution in [1.29, 1.82) is 5.26 Å². The second-order valence-electron chi connectivity index (χ2n) is 4.17. The van der Waals surface area contributed by atoms with E-state index >= 15 is 0 Å². The Morgan fingerprint density at radius 3 is 2.33 bits per heavy atom. The molecule has 0 aliphatic carbocycles. The van der Waals surface area contributed by atoms with Gasteiger partial charge in [0.15, 0.2) is 0 Å². The first-order chi connectivity index (χ1) is 9.84. The maximum Gasteiger partial charge on any atom is 0.417 e. The fraction of sp³-hybridized carbons (Fsp3) is 0.143. The fourth-order valence-electron chi connectivity index (χ4n) is 1.80. The number of benzene rings is 1. The highest BCUT2D eigenvalue weighted by Gasteiger charge is 2.32. The van der Waals surface area contributed by atoms with Gasteiger partial charge in [0.2, 0.25) is 0 Å². The minimum Gasteiger partial charge on any atom is -0.257 e. The van der Waals surface area contributed by atoms with Gasteiger partial charge in [-0.1, -0.05) is 41.4 Å². The van der Waals surface area contributed by atoms with E-state index in [1.54, 1.807) is 24.3 Å². The van der Waals surface area contributed by atoms with Gasteiger partial charge in [0.25, 0.3) is 0 Å². The molecule has 1 atom stereocenters. The Labute approximate surface area is 128 Å². The van der Waals surface area contributed by atoms with Gasteiger partial charge in [-0.05, 0) is 17.7 Å². The van der Waals surface area contributed by atoms with Crippen LogP contribution in [0.3, 0.4) is 0 Å². The van der Waals surface area contributed by atoms with Crippen molar-refractivity contribution in [2.75, 3.05) is 0 Å². The van der Waals surface area contributed by atoms with E-state index in [0.717, 1.165) is 6.07 Å². The average Bonchev–Trinajstić information content (AvgIpc) is 2.42. The molecule has 0 aliphatic rings. The summed E-state index contributed by atoms with van der Waals surface area (Å²) in [5, 5.41) is 9.38. The Balaban J connectivity index is 2.50. The van der Waals surface area contributed by atoms with Crippen molar-refractivity contribution in [2.45, 2.75) is 12.1 Å². The van der Waals surface area contributed by atoms with Gasteiger partial charge >= 0.3 is 6.18 Å². The molecule has 108 valence electrons. The lowest BCUT2D eigenvalue weighted by Gasteiger charge is -2.14. The van der Waals surface area contributed by atoms with E-state index in [-0.39, 0.29) is 10.7 Å². The molecule has 1 aromatic heterocycles. The van der Waals surface area contributed by atoms with E-state index in [2.05, 4.69) is 4.98 Å². The maximum absolute atomic E-state index is 12.6. The minimum atomic E-state index is -4.54. The highest BCUT2D eigenvalue weighted by atomic mass is 35.5. The number of nitriles is 1. The van der Waals surface area contributed by atoms with Crippen LogP contribution >= 0.6 is 23.2 Å². The van der Waals surface area contributed by atoms with Crippen molar-refractivity contribution in [2.24, 2.45) is 0 Å². The molecule has 0 N–H and O–H groups in total. The highest BCUT2D eigenvalue weighted by molar-refractivity contribution is 6.32. The zero-order chi connectivity index (χ0) is 15.6. The molecule has 0 saturated carbocycles. The monoisotopic (exact) mass is 330 g/mol. The first-order valence-corrected chi connectivity index (χ1v) is 6.47. The Morgan fingerprint density at radius 1 is 1.14 bits per heavy atom. The molecule has 1 aromatic carbocycles. The molecule has 0 spiro atoms. The van der Waals surface area contributed by atoms with Crippen molar-refractivity contribution < 1.29 is 13.2 Å². The summed E-state index contributed by atoms with van der Waals surface area (Å²) in [6.07, 6.45) is -3.88. The second kappa shape index (κ2) is 5.92. The number of alkyl halides is 3. The third-order valence-electron chi connectivity index (χ3n) is 2.82. The van der Waals surface area contributed by atoms with E-state index in [0.29, 0.717) is 16.8 Å². The quantitative estimate of drug-likeness (QED) is 0.771. The molecule has 0 radical (unpaired) electrons. The van der Waals surface area contributed by atoms with Gasteiger partial charge in [-0.3, -0.25) is 4.98 Å². The molecule has 0 aliphatic heterocycles. The van der Waals surface area contributed by atoms with Crippen molar-refractivity contribution >= 4 is 23.2 Å². The Hall–Kier alpha value is -1.77. The predicted octanol–water partition coefficient (Wildman–Crippen LogP) is 5.06. The van der Waals surface area contributed by atoms with Gasteiger partial charge in [0.05, 0.1) is 22.3 Å². The first kappa shape index (κ1) is 15.6. The van der Waals surface area contributed by atoms with Gasteiger partial charge in [0.1, 0.15) is 5.92 Å². The van der Waals surface area contributed by atoms with Gasteiger partial charge in [-0.2, -0.15) is 18.4 Å². The largest absolute Gasteiger partial charge is 0.417 e. The van der Waals surface area contributed by atoms with Gasteiger partial charge in [-0.25, -0.2) is 0 Å². The van der Waals surface area contributed by atoms with E-state index in [9.17, 15) is 18.4 Å². The fourth-order valence-corrected chi connectivity index (χ4v) is 2.32. The lowest BCUT2D eigenvalue weighted by Crippen LogP contribution is -2.09. The van der Waals surface area contributed by atoms with Crippen LogP contribution in [0.5, 0.6) is 0 Å². The van der Waals surface area contributed by atoms with E-state index in [4.69, 9.17) is 23.2 Å². The number of hydrogen-bond acceptors (Lipinski definition) is 2. The van der Waals surface area contributed by atoms with Gasteiger partial charge in [-0.15, -0.1) is 0 Å². The lowest BCUT2D eigenvalue weighted by molar-refractivity contribution is -0.137. The third-order valence-corrected chi connectivity index (χ3v) is 3.46. The highest BCUT2D eigenvalue weighted by Crippen LogP contribution is 2.36. The summed E-state index contributed by atoms with van der Waals surface area (Å²) in [5.41, 5.74) is -0.483. The number of nitrogens with zero attached hydrogens (tertiary/aromatic N) is 2. The van der Waals surface area contributed by atoms with Crippen LogP contribution in [0, 0.1) is 11.3 Å². The minimum absolute atomic E-state index is 0.0419. The van der Waals surface area contributed by atoms with Crippen LogP contribution in [0.4, 0.5) is 13.2 Å². The molecule has 0 fully saturated rings. The molecule has 0 unspecified atom stereocenters. The zero-order valence-corrected chi connectivity index (χ0v) is 11.8. The number of hydrogen-bond donors (Lipinski definition) is 0. The Morgan fingerprint density at radius 2 is 1.81 bits per heavy atom. The van der Waals surface area contributed by atoms with Crippen molar-refractivity contribution in [3.05, 3.63) is 63.4 Å². The molecule has 21 heavy (non-hydrogen) atoms. The summed E-state index contributed by atoms with van der Waals surface area (Å²) in [5.74, 6) is -0.937. The second-order valence-corrected chi connectivity index (χ2v) is 4.99. The Bertz CT molecular complexity index is 708. The summed E-state index contributed by atoms with van der Waals surface area (Å²) >= 11 is 11.9. The molecule has 0 saturated heterocycles. The summed E-state index contributed by atoms with van der Waals surface area (Å²) in [7, 11) is 0. The molecule has 2 aromatic rings. The molecular formula is C14H7Cl2F3N2. The maximum atomic E-state index is 12.6. The standard InChI is InChI=1S/C14H7Cl2F3N2/c15-11-4-2-1-3-9(11)10(6-20)13-12(16)5-8(7-21-13)14(17,18)19/h1-5,7,10H/t10-/m1/s1. The number of rotatable bonds is 2. The third kappa shape index (κ3) is 3.29. The van der Waals surface area contributed by atoms with Crippen LogP contribution in [0.1, 0.15) is 22.7 Å². The topological polar surface area (TPSA) is 36.7 Å². The van der Waals surface area contributed by atoms with Gasteiger partial charge in [0, 0.05) is 11.2 Å². The van der Waals surface area contributed by atoms with Crippen molar-refractivity contribution in [3.8, 4) is 6.07 Å². The van der Waals surface area contributed by atoms with Gasteiger partial charge < -0.3 is 0 Å². The molecule has 0 bridgehead atoms. The van der Waals surface area contributed by atoms with Crippen molar-refractivity contribution in [1.82, 2.24) is 4.98 Å². The van der Waals surface area contributed by atoms with E-state index in [1.807, 2.05) is 6.07 Å². The molecular weight excluding hydrogens is 324 g/mol. The predicted molar refractivity (Wildman–Crippen MR) is 73.2 cm³/mol. The number of halogens is 5. The lowest BCUT2D eigenvalue weighted by atomic mass is 9.96. The SMILES string of the molecule is N#C[C@H](c1ccccc1Cl)c1ncc(C(F)(F)F)cc1Cl. The molecule has 2 rings (SSSR count). The van der Waals surface area contributed by atoms with Crippen LogP contribution < -0.4 is 0 Å². The average molecular weight is 331 g/mol. The normalized spacial score (nSPS) is 12.8. The molecule has 0 amide bonds. The summed E-state index contributed by atoms with van der Waals surface area (Å²) in [4.78, 5) is 3.70. The van der Waals surface area contributed by atoms with Crippen LogP contribution in [-0.2, 0) is 6.18 Å². The zero-order valence-electron chi connectivity index (χ0n) is 10.3. The van der Waals surface area contributed by atoms with Crippen LogP contribution in [0.25, 0.3) is 0 Å². The molecule has 7 heteroatoms. The number of pyridine rings is 1. The van der Waals surface area contributed by atoms with E-state index < -0.39 is 17.7 Å². The summed E-state index contributed by atoms with van der Waals surface area (Å²) in [6, 6.07) is 9.26. The first-order valence-electron chi connectivity index (χ1n) is 5.71. The number of aromatic nitrogens is 1. The molecule has 2 nitrogen and oxygen atoms in total. The Kier molecular flexibility index (Phi) is 4.40. The summed E-state index contributed by atoms with van der Waals surface area (Å²) in [6.45, 7) is 0. The van der Waals surface area contributed by atoms with E-state index in [1.165, 1.54) is 0 Å². The smallest absolute Gasteiger partial charge is 0.257 e. The van der Waals surface area contributed by atoms with Crippen LogP contribution in [0.15, 0.2) is 36.5 Å².